The minimum absolute atomic E-state index is 0.187. The zero-order valence-electron chi connectivity index (χ0n) is 19.3. The van der Waals surface area contributed by atoms with Crippen molar-refractivity contribution < 1.29 is 14.2 Å². The quantitative estimate of drug-likeness (QED) is 0.327. The summed E-state index contributed by atoms with van der Waals surface area (Å²) < 4.78 is 4.52. The molecule has 5 rings (SSSR count). The van der Waals surface area contributed by atoms with Crippen molar-refractivity contribution in [1.82, 2.24) is 9.47 Å². The number of imide groups is 1. The van der Waals surface area contributed by atoms with Crippen LogP contribution in [0.15, 0.2) is 67.0 Å². The first-order valence-electron chi connectivity index (χ1n) is 11.4. The van der Waals surface area contributed by atoms with E-state index in [2.05, 4.69) is 72.6 Å². The number of para-hydroxylation sites is 2. The van der Waals surface area contributed by atoms with E-state index in [0.717, 1.165) is 18.6 Å². The van der Waals surface area contributed by atoms with Gasteiger partial charge < -0.3 is 0 Å². The first-order valence-corrected chi connectivity index (χ1v) is 11.4. The topological polar surface area (TPSA) is 46.2 Å². The maximum absolute atomic E-state index is 12.7. The molecular formula is C28H28N3O2+. The van der Waals surface area contributed by atoms with Gasteiger partial charge in [0.2, 0.25) is 6.33 Å². The fourth-order valence-corrected chi connectivity index (χ4v) is 5.02. The number of nitrogens with zero attached hydrogens (tertiary/aromatic N) is 3. The Morgan fingerprint density at radius 1 is 0.788 bits per heavy atom. The van der Waals surface area contributed by atoms with E-state index in [4.69, 9.17) is 0 Å². The van der Waals surface area contributed by atoms with Crippen LogP contribution in [-0.4, -0.2) is 27.8 Å². The Kier molecular flexibility index (Phi) is 5.33. The van der Waals surface area contributed by atoms with Crippen LogP contribution in [0.4, 0.5) is 0 Å². The summed E-state index contributed by atoms with van der Waals surface area (Å²) in [6, 6.07) is 19.9. The number of fused-ring (bicyclic) bond motifs is 2. The molecule has 0 N–H and O–H groups in total. The third-order valence-electron chi connectivity index (χ3n) is 6.61. The van der Waals surface area contributed by atoms with E-state index in [0.29, 0.717) is 24.1 Å². The summed E-state index contributed by atoms with van der Waals surface area (Å²) in [7, 11) is 0. The Hall–Kier alpha value is -3.73. The molecule has 0 unspecified atom stereocenters. The van der Waals surface area contributed by atoms with Gasteiger partial charge in [0.1, 0.15) is 6.54 Å². The summed E-state index contributed by atoms with van der Waals surface area (Å²) >= 11 is 0. The van der Waals surface area contributed by atoms with E-state index in [1.165, 1.54) is 32.7 Å². The Labute approximate surface area is 193 Å². The van der Waals surface area contributed by atoms with Crippen LogP contribution >= 0.6 is 0 Å². The van der Waals surface area contributed by atoms with Gasteiger partial charge >= 0.3 is 0 Å². The van der Waals surface area contributed by atoms with Crippen molar-refractivity contribution in [2.24, 2.45) is 0 Å². The average Bonchev–Trinajstić information content (AvgIpc) is 3.27. The lowest BCUT2D eigenvalue weighted by Crippen LogP contribution is -2.34. The predicted molar refractivity (Wildman–Crippen MR) is 128 cm³/mol. The molecule has 1 aliphatic heterocycles. The first-order chi connectivity index (χ1) is 15.9. The Bertz CT molecular complexity index is 1340. The lowest BCUT2D eigenvalue weighted by molar-refractivity contribution is -0.663. The maximum Gasteiger partial charge on any atom is 0.261 e. The Morgan fingerprint density at radius 2 is 1.39 bits per heavy atom. The summed E-state index contributed by atoms with van der Waals surface area (Å²) in [5.41, 5.74) is 8.60. The largest absolute Gasteiger partial charge is 0.274 e. The van der Waals surface area contributed by atoms with Crippen molar-refractivity contribution in [2.75, 3.05) is 6.54 Å². The van der Waals surface area contributed by atoms with E-state index < -0.39 is 0 Å². The number of amides is 2. The molecule has 33 heavy (non-hydrogen) atoms. The van der Waals surface area contributed by atoms with Crippen LogP contribution < -0.4 is 4.57 Å². The normalized spacial score (nSPS) is 13.2. The minimum atomic E-state index is -0.187. The molecule has 0 aliphatic carbocycles. The van der Waals surface area contributed by atoms with Crippen LogP contribution in [0.3, 0.4) is 0 Å². The van der Waals surface area contributed by atoms with Crippen LogP contribution in [0.2, 0.25) is 0 Å². The molecule has 5 nitrogen and oxygen atoms in total. The molecule has 4 aromatic rings. The maximum atomic E-state index is 12.7. The highest BCUT2D eigenvalue weighted by Crippen LogP contribution is 2.23. The lowest BCUT2D eigenvalue weighted by atomic mass is 10.00. The molecule has 1 aromatic heterocycles. The van der Waals surface area contributed by atoms with Gasteiger partial charge in [0.25, 0.3) is 11.8 Å². The van der Waals surface area contributed by atoms with Crippen LogP contribution in [0.1, 0.15) is 49.4 Å². The molecule has 3 aromatic carbocycles. The summed E-state index contributed by atoms with van der Waals surface area (Å²) in [5, 5.41) is 0. The van der Waals surface area contributed by atoms with Gasteiger partial charge in [-0.25, -0.2) is 9.13 Å². The second-order valence-electron chi connectivity index (χ2n) is 8.96. The van der Waals surface area contributed by atoms with Crippen LogP contribution in [-0.2, 0) is 13.1 Å². The van der Waals surface area contributed by atoms with E-state index in [9.17, 15) is 9.59 Å². The molecule has 2 amide bonds. The van der Waals surface area contributed by atoms with Crippen LogP contribution in [0.25, 0.3) is 11.0 Å². The fraction of sp³-hybridized carbons (Fsp3) is 0.250. The number of carbonyl (C=O) groups is 2. The van der Waals surface area contributed by atoms with Gasteiger partial charge in [0.15, 0.2) is 11.0 Å². The summed E-state index contributed by atoms with van der Waals surface area (Å²) in [5.74, 6) is -0.373. The molecule has 0 bridgehead atoms. The van der Waals surface area contributed by atoms with Crippen molar-refractivity contribution in [1.29, 1.82) is 0 Å². The Morgan fingerprint density at radius 3 is 2.06 bits per heavy atom. The molecule has 0 fully saturated rings. The van der Waals surface area contributed by atoms with Gasteiger partial charge in [0, 0.05) is 13.0 Å². The molecule has 0 saturated carbocycles. The number of rotatable bonds is 6. The van der Waals surface area contributed by atoms with Gasteiger partial charge in [-0.15, -0.1) is 0 Å². The van der Waals surface area contributed by atoms with E-state index in [-0.39, 0.29) is 11.8 Å². The number of aryl methyl sites for hydroxylation is 4. The number of benzene rings is 3. The third-order valence-corrected chi connectivity index (χ3v) is 6.61. The highest BCUT2D eigenvalue weighted by molar-refractivity contribution is 6.21. The van der Waals surface area contributed by atoms with Crippen LogP contribution in [0, 0.1) is 20.8 Å². The number of aromatic nitrogens is 2. The summed E-state index contributed by atoms with van der Waals surface area (Å²) in [6.45, 7) is 8.44. The molecule has 5 heteroatoms. The molecule has 0 spiro atoms. The highest BCUT2D eigenvalue weighted by Gasteiger charge is 2.34. The molecule has 1 aliphatic rings. The van der Waals surface area contributed by atoms with Crippen molar-refractivity contribution in [2.45, 2.75) is 40.3 Å². The molecule has 0 saturated heterocycles. The van der Waals surface area contributed by atoms with Crippen molar-refractivity contribution in [3.8, 4) is 0 Å². The standard InChI is InChI=1S/C28H28N3O2/c1-19-15-20(2)24(21(3)16-19)17-30-18-29(25-11-6-7-12-26(25)30)13-8-14-31-27(32)22-9-4-5-10-23(22)28(31)33/h4-7,9-12,15-16,18H,8,13-14,17H2,1-3H3/q+1. The second kappa shape index (κ2) is 8.32. The molecule has 166 valence electrons. The van der Waals surface area contributed by atoms with Gasteiger partial charge in [-0.2, -0.15) is 0 Å². The smallest absolute Gasteiger partial charge is 0.261 e. The minimum Gasteiger partial charge on any atom is -0.274 e. The molecular weight excluding hydrogens is 410 g/mol. The second-order valence-corrected chi connectivity index (χ2v) is 8.96. The zero-order chi connectivity index (χ0) is 23.1. The lowest BCUT2D eigenvalue weighted by Gasteiger charge is -2.12. The van der Waals surface area contributed by atoms with Gasteiger partial charge in [-0.1, -0.05) is 42.0 Å². The van der Waals surface area contributed by atoms with Crippen LogP contribution in [0.5, 0.6) is 0 Å². The van der Waals surface area contributed by atoms with Crippen molar-refractivity contribution in [3.63, 3.8) is 0 Å². The van der Waals surface area contributed by atoms with E-state index in [1.54, 1.807) is 24.3 Å². The molecule has 0 radical (unpaired) electrons. The van der Waals surface area contributed by atoms with Crippen molar-refractivity contribution in [3.05, 3.63) is 100 Å². The number of carbonyl (C=O) groups excluding carboxylic acids is 2. The zero-order valence-corrected chi connectivity index (χ0v) is 19.3. The fourth-order valence-electron chi connectivity index (χ4n) is 5.02. The summed E-state index contributed by atoms with van der Waals surface area (Å²) in [4.78, 5) is 26.7. The monoisotopic (exact) mass is 438 g/mol. The van der Waals surface area contributed by atoms with Crippen molar-refractivity contribution >= 4 is 22.8 Å². The van der Waals surface area contributed by atoms with E-state index in [1.807, 2.05) is 0 Å². The number of imidazole rings is 1. The van der Waals surface area contributed by atoms with Gasteiger partial charge in [0.05, 0.1) is 17.7 Å². The average molecular weight is 439 g/mol. The highest BCUT2D eigenvalue weighted by atomic mass is 16.2. The molecule has 2 heterocycles. The number of hydrogen-bond acceptors (Lipinski definition) is 2. The van der Waals surface area contributed by atoms with E-state index >= 15 is 0 Å². The number of hydrogen-bond donors (Lipinski definition) is 0. The van der Waals surface area contributed by atoms with Gasteiger partial charge in [-0.05, 0) is 61.7 Å². The Balaban J connectivity index is 1.36. The first kappa shape index (κ1) is 21.1. The SMILES string of the molecule is Cc1cc(C)c(C[n+]2cn(CCCN3C(=O)c4ccccc4C3=O)c3ccccc32)c(C)c1. The third kappa shape index (κ3) is 3.74. The van der Waals surface area contributed by atoms with Gasteiger partial charge in [-0.3, -0.25) is 14.5 Å². The summed E-state index contributed by atoms with van der Waals surface area (Å²) in [6.07, 6.45) is 2.86. The predicted octanol–water partition coefficient (Wildman–Crippen LogP) is 4.59. The molecule has 0 atom stereocenters.